The third kappa shape index (κ3) is 4.11. The van der Waals surface area contributed by atoms with Gasteiger partial charge in [-0.15, -0.1) is 11.8 Å². The molecule has 0 aliphatic carbocycles. The van der Waals surface area contributed by atoms with Crippen LogP contribution >= 0.6 is 23.4 Å². The maximum absolute atomic E-state index is 10.7. The van der Waals surface area contributed by atoms with Gasteiger partial charge in [-0.1, -0.05) is 23.7 Å². The molecule has 9 nitrogen and oxygen atoms in total. The number of aliphatic hydroxyl groups is 2. The number of thioether (sulfide) groups is 1. The number of aliphatic hydroxyl groups excluding tert-OH is 2. The lowest BCUT2D eigenvalue weighted by atomic mass is 10.1. The number of imidazole rings is 1. The first-order valence-corrected chi connectivity index (χ1v) is 11.4. The van der Waals surface area contributed by atoms with Crippen molar-refractivity contribution in [2.24, 2.45) is 0 Å². The van der Waals surface area contributed by atoms with Crippen molar-refractivity contribution in [3.63, 3.8) is 0 Å². The molecule has 1 aromatic carbocycles. The van der Waals surface area contributed by atoms with E-state index in [-0.39, 0.29) is 6.04 Å². The van der Waals surface area contributed by atoms with Crippen LogP contribution in [0, 0.1) is 0 Å². The second kappa shape index (κ2) is 8.89. The summed E-state index contributed by atoms with van der Waals surface area (Å²) in [6.07, 6.45) is 0.342. The molecule has 0 spiro atoms. The van der Waals surface area contributed by atoms with Crippen LogP contribution in [0.4, 0.5) is 5.82 Å². The van der Waals surface area contributed by atoms with Crippen LogP contribution in [0.15, 0.2) is 41.8 Å². The number of nitrogens with one attached hydrogen (secondary N) is 1. The number of nitrogens with zero attached hydrogens (tertiary/aromatic N) is 4. The largest absolute Gasteiger partial charge is 0.387 e. The van der Waals surface area contributed by atoms with E-state index in [9.17, 15) is 10.2 Å². The number of anilines is 1. The van der Waals surface area contributed by atoms with E-state index in [1.54, 1.807) is 10.9 Å². The maximum Gasteiger partial charge on any atom is 0.167 e. The van der Waals surface area contributed by atoms with Gasteiger partial charge in [0.05, 0.1) is 30.1 Å². The first kappa shape index (κ1) is 20.9. The van der Waals surface area contributed by atoms with Gasteiger partial charge in [-0.3, -0.25) is 4.57 Å². The Morgan fingerprint density at radius 1 is 1.19 bits per heavy atom. The monoisotopic (exact) mass is 463 g/mol. The van der Waals surface area contributed by atoms with Crippen LogP contribution in [0.5, 0.6) is 0 Å². The molecule has 11 heteroatoms. The Hall–Kier alpha value is -1.95. The summed E-state index contributed by atoms with van der Waals surface area (Å²) in [5, 5.41) is 25.2. The lowest BCUT2D eigenvalue weighted by Crippen LogP contribution is -2.32. The third-order valence-electron chi connectivity index (χ3n) is 5.48. The Bertz CT molecular complexity index is 1060. The molecule has 5 atom stereocenters. The number of aromatic nitrogens is 4. The number of fused-ring (bicyclic) bond motifs is 1. The average Bonchev–Trinajstić information content (AvgIpc) is 3.50. The zero-order valence-electron chi connectivity index (χ0n) is 16.5. The molecule has 3 N–H and O–H groups in total. The first-order chi connectivity index (χ1) is 15.1. The fourth-order valence-corrected chi connectivity index (χ4v) is 5.12. The Labute approximate surface area is 187 Å². The van der Waals surface area contributed by atoms with Crippen LogP contribution in [0.1, 0.15) is 12.6 Å². The van der Waals surface area contributed by atoms with Crippen LogP contribution in [0.25, 0.3) is 11.2 Å². The van der Waals surface area contributed by atoms with Gasteiger partial charge in [0.15, 0.2) is 23.2 Å². The molecule has 2 saturated heterocycles. The van der Waals surface area contributed by atoms with Crippen molar-refractivity contribution in [2.45, 2.75) is 41.9 Å². The predicted molar refractivity (Wildman–Crippen MR) is 116 cm³/mol. The average molecular weight is 464 g/mol. The number of benzene rings is 1. The van der Waals surface area contributed by atoms with Crippen molar-refractivity contribution in [3.8, 4) is 0 Å². The minimum atomic E-state index is -1.12. The van der Waals surface area contributed by atoms with Gasteiger partial charge >= 0.3 is 0 Å². The predicted octanol–water partition coefficient (Wildman–Crippen LogP) is 2.09. The van der Waals surface area contributed by atoms with Crippen molar-refractivity contribution in [3.05, 3.63) is 41.9 Å². The number of rotatable bonds is 6. The zero-order valence-corrected chi connectivity index (χ0v) is 18.0. The summed E-state index contributed by atoms with van der Waals surface area (Å²) >= 11 is 7.68. The lowest BCUT2D eigenvalue weighted by molar-refractivity contribution is -0.0289. The smallest absolute Gasteiger partial charge is 0.167 e. The van der Waals surface area contributed by atoms with E-state index in [1.807, 2.05) is 24.3 Å². The highest BCUT2D eigenvalue weighted by Gasteiger charge is 2.44. The van der Waals surface area contributed by atoms with E-state index < -0.39 is 24.5 Å². The molecule has 0 saturated carbocycles. The molecule has 164 valence electrons. The molecule has 3 aromatic rings. The normalized spacial score (nSPS) is 28.4. The topological polar surface area (TPSA) is 115 Å². The Kier molecular flexibility index (Phi) is 6.00. The van der Waals surface area contributed by atoms with Gasteiger partial charge in [-0.2, -0.15) is 0 Å². The molecule has 2 unspecified atom stereocenters. The SMILES string of the molecule is O[C@@H]1[C@@H](CSc2ccccc2Cl)OC(n2cnc3c(NC4CCOC4)ncnc32)[C@@H]1O. The zero-order chi connectivity index (χ0) is 21.4. The van der Waals surface area contributed by atoms with Gasteiger partial charge < -0.3 is 25.0 Å². The van der Waals surface area contributed by atoms with Crippen molar-refractivity contribution in [1.29, 1.82) is 0 Å². The minimum absolute atomic E-state index is 0.171. The van der Waals surface area contributed by atoms with Gasteiger partial charge in [-0.05, 0) is 18.6 Å². The third-order valence-corrected chi connectivity index (χ3v) is 7.08. The number of hydrogen-bond acceptors (Lipinski definition) is 9. The highest BCUT2D eigenvalue weighted by molar-refractivity contribution is 7.99. The second-order valence-electron chi connectivity index (χ2n) is 7.54. The van der Waals surface area contributed by atoms with Crippen LogP contribution in [-0.2, 0) is 9.47 Å². The molecule has 4 heterocycles. The van der Waals surface area contributed by atoms with E-state index in [4.69, 9.17) is 21.1 Å². The summed E-state index contributed by atoms with van der Waals surface area (Å²) in [5.41, 5.74) is 1.10. The molecule has 31 heavy (non-hydrogen) atoms. The second-order valence-corrected chi connectivity index (χ2v) is 9.01. The maximum atomic E-state index is 10.7. The first-order valence-electron chi connectivity index (χ1n) is 10.0. The summed E-state index contributed by atoms with van der Waals surface area (Å²) in [5.74, 6) is 1.05. The van der Waals surface area contributed by atoms with Crippen molar-refractivity contribution in [2.75, 3.05) is 24.3 Å². The molecule has 0 amide bonds. The highest BCUT2D eigenvalue weighted by Crippen LogP contribution is 2.36. The number of ether oxygens (including phenoxy) is 2. The summed E-state index contributed by atoms with van der Waals surface area (Å²) < 4.78 is 13.1. The summed E-state index contributed by atoms with van der Waals surface area (Å²) in [4.78, 5) is 14.0. The van der Waals surface area contributed by atoms with Gasteiger partial charge in [-0.25, -0.2) is 15.0 Å². The summed E-state index contributed by atoms with van der Waals surface area (Å²) in [6, 6.07) is 7.66. The number of hydrogen-bond donors (Lipinski definition) is 3. The molecule has 2 aliphatic heterocycles. The van der Waals surface area contributed by atoms with Crippen LogP contribution < -0.4 is 5.32 Å². The van der Waals surface area contributed by atoms with Crippen LogP contribution in [0.3, 0.4) is 0 Å². The quantitative estimate of drug-likeness (QED) is 0.472. The van der Waals surface area contributed by atoms with Gasteiger partial charge in [0.25, 0.3) is 0 Å². The summed E-state index contributed by atoms with van der Waals surface area (Å²) in [7, 11) is 0. The molecular weight excluding hydrogens is 442 g/mol. The van der Waals surface area contributed by atoms with E-state index in [0.717, 1.165) is 11.3 Å². The van der Waals surface area contributed by atoms with Crippen molar-refractivity contribution < 1.29 is 19.7 Å². The fourth-order valence-electron chi connectivity index (χ4n) is 3.82. The lowest BCUT2D eigenvalue weighted by Gasteiger charge is -2.17. The van der Waals surface area contributed by atoms with E-state index in [1.165, 1.54) is 18.1 Å². The minimum Gasteiger partial charge on any atom is -0.387 e. The molecule has 0 bridgehead atoms. The van der Waals surface area contributed by atoms with Crippen LogP contribution in [-0.4, -0.2) is 73.1 Å². The number of halogens is 1. The van der Waals surface area contributed by atoms with Crippen molar-refractivity contribution in [1.82, 2.24) is 19.5 Å². The Morgan fingerprint density at radius 3 is 2.87 bits per heavy atom. The fraction of sp³-hybridized carbons (Fsp3) is 0.450. The molecular formula is C20H22ClN5O4S. The standard InChI is InChI=1S/C20H22ClN5O4S/c21-12-3-1-2-4-14(12)31-8-13-16(27)17(28)20(30-13)26-10-24-15-18(22-9-23-19(15)26)25-11-5-6-29-7-11/h1-4,9-11,13,16-17,20,27-28H,5-8H2,(H,22,23,25)/t11?,13-,16-,17-,20?/m1/s1. The Morgan fingerprint density at radius 2 is 2.06 bits per heavy atom. The van der Waals surface area contributed by atoms with Crippen molar-refractivity contribution >= 4 is 40.3 Å². The molecule has 5 rings (SSSR count). The van der Waals surface area contributed by atoms with Crippen LogP contribution in [0.2, 0.25) is 5.02 Å². The van der Waals surface area contributed by atoms with Gasteiger partial charge in [0.1, 0.15) is 18.5 Å². The van der Waals surface area contributed by atoms with E-state index in [0.29, 0.717) is 41.0 Å². The summed E-state index contributed by atoms with van der Waals surface area (Å²) in [6.45, 7) is 1.33. The highest BCUT2D eigenvalue weighted by atomic mass is 35.5. The Balaban J connectivity index is 1.34. The van der Waals surface area contributed by atoms with E-state index >= 15 is 0 Å². The molecule has 2 aromatic heterocycles. The van der Waals surface area contributed by atoms with Gasteiger partial charge in [0, 0.05) is 17.3 Å². The molecule has 0 radical (unpaired) electrons. The molecule has 2 aliphatic rings. The van der Waals surface area contributed by atoms with E-state index in [2.05, 4.69) is 20.3 Å². The van der Waals surface area contributed by atoms with Gasteiger partial charge in [0.2, 0.25) is 0 Å². The molecule has 2 fully saturated rings.